The van der Waals surface area contributed by atoms with E-state index < -0.39 is 17.9 Å². The number of nitrogens with one attached hydrogen (secondary N) is 1. The Morgan fingerprint density at radius 2 is 2.14 bits per heavy atom. The summed E-state index contributed by atoms with van der Waals surface area (Å²) in [7, 11) is 0. The Morgan fingerprint density at radius 1 is 1.43 bits per heavy atom. The topological polar surface area (TPSA) is 66.4 Å². The molecule has 1 rings (SSSR count). The maximum atomic E-state index is 11.1. The third-order valence-electron chi connectivity index (χ3n) is 2.23. The molecule has 1 aliphatic heterocycles. The molecule has 4 nitrogen and oxygen atoms in total. The number of aliphatic hydroxyl groups excluding tert-OH is 1. The van der Waals surface area contributed by atoms with Gasteiger partial charge in [0, 0.05) is 6.08 Å². The van der Waals surface area contributed by atoms with Crippen molar-refractivity contribution in [3.63, 3.8) is 0 Å². The minimum atomic E-state index is -0.798. The number of aliphatic hydroxyl groups is 1. The fourth-order valence-corrected chi connectivity index (χ4v) is 1.42. The summed E-state index contributed by atoms with van der Waals surface area (Å²) in [4.78, 5) is 21.9. The van der Waals surface area contributed by atoms with Crippen LogP contribution in [0.2, 0.25) is 0 Å². The number of amides is 2. The van der Waals surface area contributed by atoms with Crippen LogP contribution in [-0.4, -0.2) is 23.0 Å². The maximum absolute atomic E-state index is 11.1. The van der Waals surface area contributed by atoms with Gasteiger partial charge < -0.3 is 5.11 Å². The van der Waals surface area contributed by atoms with Gasteiger partial charge in [-0.15, -0.1) is 0 Å². The van der Waals surface area contributed by atoms with E-state index >= 15 is 0 Å². The zero-order valence-corrected chi connectivity index (χ0v) is 8.25. The Morgan fingerprint density at radius 3 is 2.64 bits per heavy atom. The third-order valence-corrected chi connectivity index (χ3v) is 2.23. The van der Waals surface area contributed by atoms with E-state index in [1.807, 2.05) is 0 Å². The summed E-state index contributed by atoms with van der Waals surface area (Å²) in [6.07, 6.45) is 3.89. The Labute approximate surface area is 83.0 Å². The van der Waals surface area contributed by atoms with Gasteiger partial charge in [-0.2, -0.15) is 0 Å². The van der Waals surface area contributed by atoms with E-state index in [1.54, 1.807) is 0 Å². The highest BCUT2D eigenvalue weighted by molar-refractivity contribution is 6.16. The third kappa shape index (κ3) is 2.67. The van der Waals surface area contributed by atoms with Gasteiger partial charge in [0.15, 0.2) is 0 Å². The lowest BCUT2D eigenvalue weighted by molar-refractivity contribution is -0.124. The Bertz CT molecular complexity index is 271. The molecule has 0 saturated heterocycles. The van der Waals surface area contributed by atoms with E-state index in [1.165, 1.54) is 6.08 Å². The summed E-state index contributed by atoms with van der Waals surface area (Å²) in [5, 5.41) is 11.7. The molecule has 0 aliphatic carbocycles. The fourth-order valence-electron chi connectivity index (χ4n) is 1.42. The monoisotopic (exact) mass is 197 g/mol. The Kier molecular flexibility index (Phi) is 3.83. The molecule has 0 fully saturated rings. The van der Waals surface area contributed by atoms with Gasteiger partial charge in [-0.3, -0.25) is 14.9 Å². The molecular weight excluding hydrogens is 182 g/mol. The lowest BCUT2D eigenvalue weighted by atomic mass is 10.0. The first-order valence-electron chi connectivity index (χ1n) is 4.90. The molecule has 0 spiro atoms. The van der Waals surface area contributed by atoms with Gasteiger partial charge in [-0.05, 0) is 6.42 Å². The van der Waals surface area contributed by atoms with E-state index in [-0.39, 0.29) is 5.57 Å². The van der Waals surface area contributed by atoms with Crippen molar-refractivity contribution in [2.45, 2.75) is 38.7 Å². The predicted octanol–water partition coefficient (Wildman–Crippen LogP) is 0.510. The number of rotatable bonds is 5. The standard InChI is InChI=1S/C10H15NO3/c1-2-3-4-5-8(12)7-6-9(13)11-10(7)14/h6,8,12H,2-5H2,1H3,(H,11,13,14). The van der Waals surface area contributed by atoms with Crippen LogP contribution in [0.5, 0.6) is 0 Å². The van der Waals surface area contributed by atoms with Crippen LogP contribution in [0.1, 0.15) is 32.6 Å². The average molecular weight is 197 g/mol. The van der Waals surface area contributed by atoms with Crippen molar-refractivity contribution in [3.05, 3.63) is 11.6 Å². The minimum absolute atomic E-state index is 0.200. The molecule has 0 radical (unpaired) electrons. The first-order chi connectivity index (χ1) is 6.65. The molecule has 0 bridgehead atoms. The quantitative estimate of drug-likeness (QED) is 0.498. The van der Waals surface area contributed by atoms with Gasteiger partial charge in [0.05, 0.1) is 11.7 Å². The first-order valence-corrected chi connectivity index (χ1v) is 4.90. The fraction of sp³-hybridized carbons (Fsp3) is 0.600. The summed E-state index contributed by atoms with van der Waals surface area (Å²) in [5.74, 6) is -0.890. The molecule has 0 saturated carbocycles. The summed E-state index contributed by atoms with van der Waals surface area (Å²) >= 11 is 0. The van der Waals surface area contributed by atoms with Crippen molar-refractivity contribution >= 4 is 11.8 Å². The molecule has 0 aromatic carbocycles. The van der Waals surface area contributed by atoms with Gasteiger partial charge in [0.2, 0.25) is 0 Å². The number of hydrogen-bond donors (Lipinski definition) is 2. The minimum Gasteiger partial charge on any atom is -0.388 e. The van der Waals surface area contributed by atoms with Crippen molar-refractivity contribution in [2.24, 2.45) is 0 Å². The van der Waals surface area contributed by atoms with E-state index in [4.69, 9.17) is 0 Å². The van der Waals surface area contributed by atoms with E-state index in [2.05, 4.69) is 12.2 Å². The van der Waals surface area contributed by atoms with Gasteiger partial charge in [-0.1, -0.05) is 26.2 Å². The predicted molar refractivity (Wildman–Crippen MR) is 51.4 cm³/mol. The van der Waals surface area contributed by atoms with Crippen LogP contribution in [0.4, 0.5) is 0 Å². The summed E-state index contributed by atoms with van der Waals surface area (Å²) in [5.41, 5.74) is 0.200. The number of unbranched alkanes of at least 4 members (excludes halogenated alkanes) is 2. The van der Waals surface area contributed by atoms with Crippen LogP contribution >= 0.6 is 0 Å². The van der Waals surface area contributed by atoms with Crippen molar-refractivity contribution in [3.8, 4) is 0 Å². The Hall–Kier alpha value is -1.16. The average Bonchev–Trinajstić information content (AvgIpc) is 2.45. The molecule has 1 heterocycles. The van der Waals surface area contributed by atoms with Gasteiger partial charge >= 0.3 is 0 Å². The van der Waals surface area contributed by atoms with Crippen LogP contribution < -0.4 is 5.32 Å². The number of carbonyl (C=O) groups excluding carboxylic acids is 2. The van der Waals surface area contributed by atoms with Gasteiger partial charge in [-0.25, -0.2) is 0 Å². The molecule has 1 unspecified atom stereocenters. The van der Waals surface area contributed by atoms with E-state index in [0.29, 0.717) is 6.42 Å². The Balaban J connectivity index is 2.44. The summed E-state index contributed by atoms with van der Waals surface area (Å²) in [6, 6.07) is 0. The van der Waals surface area contributed by atoms with Crippen molar-refractivity contribution in [2.75, 3.05) is 0 Å². The van der Waals surface area contributed by atoms with E-state index in [9.17, 15) is 14.7 Å². The first kappa shape index (κ1) is 10.9. The molecule has 4 heteroatoms. The number of imide groups is 1. The van der Waals surface area contributed by atoms with Crippen LogP contribution in [0.25, 0.3) is 0 Å². The molecule has 1 aliphatic rings. The number of carbonyl (C=O) groups is 2. The molecule has 78 valence electrons. The van der Waals surface area contributed by atoms with Crippen molar-refractivity contribution in [1.82, 2.24) is 5.32 Å². The van der Waals surface area contributed by atoms with Gasteiger partial charge in [0.25, 0.3) is 11.8 Å². The zero-order valence-electron chi connectivity index (χ0n) is 8.25. The molecular formula is C10H15NO3. The second-order valence-electron chi connectivity index (χ2n) is 3.43. The molecule has 0 aromatic rings. The highest BCUT2D eigenvalue weighted by Gasteiger charge is 2.26. The van der Waals surface area contributed by atoms with Crippen LogP contribution in [0.15, 0.2) is 11.6 Å². The lowest BCUT2D eigenvalue weighted by Crippen LogP contribution is -2.26. The van der Waals surface area contributed by atoms with Gasteiger partial charge in [0.1, 0.15) is 0 Å². The smallest absolute Gasteiger partial charge is 0.256 e. The van der Waals surface area contributed by atoms with Crippen LogP contribution in [-0.2, 0) is 9.59 Å². The van der Waals surface area contributed by atoms with E-state index in [0.717, 1.165) is 19.3 Å². The highest BCUT2D eigenvalue weighted by Crippen LogP contribution is 2.14. The summed E-state index contributed by atoms with van der Waals surface area (Å²) < 4.78 is 0. The highest BCUT2D eigenvalue weighted by atomic mass is 16.3. The second-order valence-corrected chi connectivity index (χ2v) is 3.43. The van der Waals surface area contributed by atoms with Crippen molar-refractivity contribution < 1.29 is 14.7 Å². The summed E-state index contributed by atoms with van der Waals surface area (Å²) in [6.45, 7) is 2.07. The molecule has 2 amide bonds. The van der Waals surface area contributed by atoms with Crippen molar-refractivity contribution in [1.29, 1.82) is 0 Å². The molecule has 2 N–H and O–H groups in total. The van der Waals surface area contributed by atoms with Crippen LogP contribution in [0.3, 0.4) is 0 Å². The zero-order chi connectivity index (χ0) is 10.6. The molecule has 1 atom stereocenters. The molecule has 0 aromatic heterocycles. The maximum Gasteiger partial charge on any atom is 0.256 e. The second kappa shape index (κ2) is 4.91. The SMILES string of the molecule is CCCCCC(O)C1=CC(=O)NC1=O. The normalized spacial score (nSPS) is 18.0. The largest absolute Gasteiger partial charge is 0.388 e. The molecule has 14 heavy (non-hydrogen) atoms. The van der Waals surface area contributed by atoms with Crippen LogP contribution in [0, 0.1) is 0 Å². The lowest BCUT2D eigenvalue weighted by Gasteiger charge is -2.08. The number of hydrogen-bond acceptors (Lipinski definition) is 3.